The average molecular weight is 277 g/mol. The van der Waals surface area contributed by atoms with E-state index in [1.165, 1.54) is 5.56 Å². The number of rotatable bonds is 10. The summed E-state index contributed by atoms with van der Waals surface area (Å²) in [5.41, 5.74) is 1.44. The number of ether oxygens (including phenoxy) is 1. The Bertz CT molecular complexity index is 337. The number of nitrogens with one attached hydrogen (secondary N) is 1. The van der Waals surface area contributed by atoms with Gasteiger partial charge < -0.3 is 10.1 Å². The standard InChI is InChI=1S/C18H31NO/c1-15(2)13-19-14-18(16(3)10-11-20-4)12-17-8-6-5-7-9-17/h5-9,15-16,18-19H,10-14H2,1-4H3. The second-order valence-electron chi connectivity index (χ2n) is 6.26. The number of hydrogen-bond acceptors (Lipinski definition) is 2. The van der Waals surface area contributed by atoms with Crippen LogP contribution in [0.1, 0.15) is 32.8 Å². The molecule has 0 fully saturated rings. The molecule has 2 unspecified atom stereocenters. The molecule has 0 aliphatic carbocycles. The van der Waals surface area contributed by atoms with E-state index >= 15 is 0 Å². The molecule has 2 nitrogen and oxygen atoms in total. The van der Waals surface area contributed by atoms with Crippen molar-refractivity contribution in [1.29, 1.82) is 0 Å². The van der Waals surface area contributed by atoms with Gasteiger partial charge in [0.25, 0.3) is 0 Å². The van der Waals surface area contributed by atoms with Crippen molar-refractivity contribution in [2.75, 3.05) is 26.8 Å². The van der Waals surface area contributed by atoms with Gasteiger partial charge in [-0.05, 0) is 49.2 Å². The minimum absolute atomic E-state index is 0.672. The van der Waals surface area contributed by atoms with Gasteiger partial charge in [0.2, 0.25) is 0 Å². The predicted molar refractivity (Wildman–Crippen MR) is 87.0 cm³/mol. The number of hydrogen-bond donors (Lipinski definition) is 1. The molecule has 1 aromatic rings. The normalized spacial score (nSPS) is 14.4. The van der Waals surface area contributed by atoms with Crippen molar-refractivity contribution in [3.05, 3.63) is 35.9 Å². The van der Waals surface area contributed by atoms with E-state index in [0.717, 1.165) is 32.5 Å². The number of methoxy groups -OCH3 is 1. The van der Waals surface area contributed by atoms with Gasteiger partial charge in [0.1, 0.15) is 0 Å². The first-order valence-electron chi connectivity index (χ1n) is 7.87. The molecule has 0 saturated heterocycles. The van der Waals surface area contributed by atoms with Crippen LogP contribution in [-0.2, 0) is 11.2 Å². The maximum atomic E-state index is 5.24. The minimum atomic E-state index is 0.672. The molecule has 0 aliphatic rings. The Morgan fingerprint density at radius 2 is 1.75 bits per heavy atom. The molecular weight excluding hydrogens is 246 g/mol. The van der Waals surface area contributed by atoms with Gasteiger partial charge in [0, 0.05) is 13.7 Å². The van der Waals surface area contributed by atoms with Gasteiger partial charge in [-0.2, -0.15) is 0 Å². The van der Waals surface area contributed by atoms with E-state index in [4.69, 9.17) is 4.74 Å². The Hall–Kier alpha value is -0.860. The van der Waals surface area contributed by atoms with Crippen molar-refractivity contribution in [2.45, 2.75) is 33.6 Å². The maximum absolute atomic E-state index is 5.24. The Morgan fingerprint density at radius 1 is 1.05 bits per heavy atom. The van der Waals surface area contributed by atoms with Crippen molar-refractivity contribution in [1.82, 2.24) is 5.32 Å². The quantitative estimate of drug-likeness (QED) is 0.703. The van der Waals surface area contributed by atoms with E-state index in [1.807, 2.05) is 0 Å². The largest absolute Gasteiger partial charge is 0.385 e. The summed E-state index contributed by atoms with van der Waals surface area (Å²) in [6.45, 7) is 9.92. The third-order valence-electron chi connectivity index (χ3n) is 3.88. The molecule has 20 heavy (non-hydrogen) atoms. The van der Waals surface area contributed by atoms with Gasteiger partial charge >= 0.3 is 0 Å². The molecule has 0 radical (unpaired) electrons. The van der Waals surface area contributed by atoms with E-state index < -0.39 is 0 Å². The molecule has 1 rings (SSSR count). The van der Waals surface area contributed by atoms with Crippen molar-refractivity contribution in [2.24, 2.45) is 17.8 Å². The first-order chi connectivity index (χ1) is 9.63. The van der Waals surface area contributed by atoms with Gasteiger partial charge in [-0.1, -0.05) is 51.1 Å². The highest BCUT2D eigenvalue weighted by Gasteiger charge is 2.17. The SMILES string of the molecule is COCCC(C)C(CNCC(C)C)Cc1ccccc1. The topological polar surface area (TPSA) is 21.3 Å². The van der Waals surface area contributed by atoms with Crippen LogP contribution in [0.25, 0.3) is 0 Å². The van der Waals surface area contributed by atoms with E-state index in [-0.39, 0.29) is 0 Å². The van der Waals surface area contributed by atoms with Crippen molar-refractivity contribution in [3.8, 4) is 0 Å². The summed E-state index contributed by atoms with van der Waals surface area (Å²) in [7, 11) is 1.79. The van der Waals surface area contributed by atoms with Crippen LogP contribution in [0.2, 0.25) is 0 Å². The fraction of sp³-hybridized carbons (Fsp3) is 0.667. The molecule has 0 bridgehead atoms. The molecule has 2 atom stereocenters. The molecule has 0 spiro atoms. The second kappa shape index (κ2) is 9.95. The van der Waals surface area contributed by atoms with Gasteiger partial charge in [-0.15, -0.1) is 0 Å². The molecule has 0 aromatic heterocycles. The van der Waals surface area contributed by atoms with Crippen LogP contribution in [0.4, 0.5) is 0 Å². The maximum Gasteiger partial charge on any atom is 0.0464 e. The van der Waals surface area contributed by atoms with E-state index in [2.05, 4.69) is 56.4 Å². The lowest BCUT2D eigenvalue weighted by Crippen LogP contribution is -2.31. The zero-order chi connectivity index (χ0) is 14.8. The van der Waals surface area contributed by atoms with Gasteiger partial charge in [0.05, 0.1) is 0 Å². The van der Waals surface area contributed by atoms with E-state index in [1.54, 1.807) is 7.11 Å². The summed E-state index contributed by atoms with van der Waals surface area (Å²) in [6.07, 6.45) is 2.29. The van der Waals surface area contributed by atoms with Crippen LogP contribution in [0.3, 0.4) is 0 Å². The van der Waals surface area contributed by atoms with Gasteiger partial charge in [-0.3, -0.25) is 0 Å². The molecule has 1 N–H and O–H groups in total. The lowest BCUT2D eigenvalue weighted by molar-refractivity contribution is 0.163. The Balaban J connectivity index is 2.53. The van der Waals surface area contributed by atoms with E-state index in [9.17, 15) is 0 Å². The number of benzene rings is 1. The fourth-order valence-electron chi connectivity index (χ4n) is 2.49. The third kappa shape index (κ3) is 7.06. The molecule has 1 aromatic carbocycles. The molecule has 2 heteroatoms. The highest BCUT2D eigenvalue weighted by atomic mass is 16.5. The van der Waals surface area contributed by atoms with Crippen LogP contribution in [-0.4, -0.2) is 26.8 Å². The Kier molecular flexibility index (Phi) is 8.56. The minimum Gasteiger partial charge on any atom is -0.385 e. The molecule has 0 heterocycles. The third-order valence-corrected chi connectivity index (χ3v) is 3.88. The van der Waals surface area contributed by atoms with Crippen LogP contribution in [0, 0.1) is 17.8 Å². The first-order valence-corrected chi connectivity index (χ1v) is 7.87. The summed E-state index contributed by atoms with van der Waals surface area (Å²) in [6, 6.07) is 10.8. The molecular formula is C18H31NO. The van der Waals surface area contributed by atoms with Crippen molar-refractivity contribution in [3.63, 3.8) is 0 Å². The summed E-state index contributed by atoms with van der Waals surface area (Å²) in [4.78, 5) is 0. The highest BCUT2D eigenvalue weighted by Crippen LogP contribution is 2.20. The van der Waals surface area contributed by atoms with Crippen molar-refractivity contribution >= 4 is 0 Å². The smallest absolute Gasteiger partial charge is 0.0464 e. The molecule has 0 aliphatic heterocycles. The summed E-state index contributed by atoms with van der Waals surface area (Å²) < 4.78 is 5.24. The first kappa shape index (κ1) is 17.2. The Morgan fingerprint density at radius 3 is 2.35 bits per heavy atom. The van der Waals surface area contributed by atoms with E-state index in [0.29, 0.717) is 17.8 Å². The van der Waals surface area contributed by atoms with Crippen molar-refractivity contribution < 1.29 is 4.74 Å². The zero-order valence-corrected chi connectivity index (χ0v) is 13.6. The van der Waals surface area contributed by atoms with Crippen LogP contribution < -0.4 is 5.32 Å². The second-order valence-corrected chi connectivity index (χ2v) is 6.26. The lowest BCUT2D eigenvalue weighted by atomic mass is 9.86. The zero-order valence-electron chi connectivity index (χ0n) is 13.6. The van der Waals surface area contributed by atoms with Crippen LogP contribution in [0.5, 0.6) is 0 Å². The average Bonchev–Trinajstić information content (AvgIpc) is 2.44. The van der Waals surface area contributed by atoms with Gasteiger partial charge in [-0.25, -0.2) is 0 Å². The molecule has 0 saturated carbocycles. The summed E-state index contributed by atoms with van der Waals surface area (Å²) in [5, 5.41) is 3.62. The Labute approximate surface area is 124 Å². The summed E-state index contributed by atoms with van der Waals surface area (Å²) in [5.74, 6) is 2.06. The fourth-order valence-corrected chi connectivity index (χ4v) is 2.49. The van der Waals surface area contributed by atoms with Gasteiger partial charge in [0.15, 0.2) is 0 Å². The predicted octanol–water partition coefficient (Wildman–Crippen LogP) is 3.76. The molecule has 114 valence electrons. The molecule has 0 amide bonds. The van der Waals surface area contributed by atoms with Crippen LogP contribution >= 0.6 is 0 Å². The lowest BCUT2D eigenvalue weighted by Gasteiger charge is -2.25. The van der Waals surface area contributed by atoms with Crippen LogP contribution in [0.15, 0.2) is 30.3 Å². The monoisotopic (exact) mass is 277 g/mol. The summed E-state index contributed by atoms with van der Waals surface area (Å²) >= 11 is 0. The highest BCUT2D eigenvalue weighted by molar-refractivity contribution is 5.15.